The number of nitrogens with zero attached hydrogens (tertiary/aromatic N) is 1. The number of hydrogen-bond acceptors (Lipinski definition) is 5. The number of anilines is 1. The first-order valence-electron chi connectivity index (χ1n) is 7.39. The molecule has 1 atom stereocenters. The Morgan fingerprint density at radius 1 is 1.22 bits per heavy atom. The van der Waals surface area contributed by atoms with Gasteiger partial charge < -0.3 is 10.1 Å². The topological polar surface area (TPSA) is 51.2 Å². The Hall–Kier alpha value is -2.40. The molecule has 2 aromatic carbocycles. The lowest BCUT2D eigenvalue weighted by Crippen LogP contribution is -2.26. The minimum Gasteiger partial charge on any atom is -0.494 e. The fraction of sp³-hybridized carbons (Fsp3) is 0.222. The smallest absolute Gasteiger partial charge is 0.184 e. The van der Waals surface area contributed by atoms with Crippen LogP contribution in [0.1, 0.15) is 22.8 Å². The lowest BCUT2D eigenvalue weighted by molar-refractivity contribution is 0.0975. The summed E-state index contributed by atoms with van der Waals surface area (Å²) in [6.45, 7) is 3.86. The molecule has 3 rings (SSSR count). The number of ketones is 1. The average molecular weight is 326 g/mol. The molecule has 0 bridgehead atoms. The molecular formula is C18H18N2O2S. The maximum absolute atomic E-state index is 12.5. The van der Waals surface area contributed by atoms with Crippen molar-refractivity contribution in [1.29, 1.82) is 0 Å². The molecule has 0 fully saturated rings. The van der Waals surface area contributed by atoms with E-state index in [9.17, 15) is 4.79 Å². The number of ether oxygens (including phenoxy) is 1. The van der Waals surface area contributed by atoms with E-state index in [1.807, 2.05) is 56.3 Å². The molecule has 118 valence electrons. The second kappa shape index (κ2) is 6.38. The zero-order chi connectivity index (χ0) is 16.4. The van der Waals surface area contributed by atoms with E-state index in [2.05, 4.69) is 10.3 Å². The summed E-state index contributed by atoms with van der Waals surface area (Å²) in [5.74, 6) is 0.792. The fourth-order valence-electron chi connectivity index (χ4n) is 2.37. The first kappa shape index (κ1) is 15.5. The minimum absolute atomic E-state index is 0.0521. The van der Waals surface area contributed by atoms with Gasteiger partial charge in [0.25, 0.3) is 0 Å². The first-order chi connectivity index (χ1) is 11.1. The van der Waals surface area contributed by atoms with Gasteiger partial charge in [-0.2, -0.15) is 0 Å². The molecule has 0 aliphatic heterocycles. The van der Waals surface area contributed by atoms with Gasteiger partial charge in [0.15, 0.2) is 10.9 Å². The predicted octanol–water partition coefficient (Wildman–Crippen LogP) is 4.30. The van der Waals surface area contributed by atoms with Crippen LogP contribution < -0.4 is 10.1 Å². The van der Waals surface area contributed by atoms with Crippen molar-refractivity contribution in [3.05, 3.63) is 53.6 Å². The zero-order valence-electron chi connectivity index (χ0n) is 13.3. The van der Waals surface area contributed by atoms with Gasteiger partial charge in [-0.3, -0.25) is 4.79 Å². The van der Waals surface area contributed by atoms with Crippen LogP contribution in [0.15, 0.2) is 42.5 Å². The van der Waals surface area contributed by atoms with Crippen LogP contribution in [0.3, 0.4) is 0 Å². The van der Waals surface area contributed by atoms with Crippen LogP contribution in [-0.4, -0.2) is 23.9 Å². The largest absolute Gasteiger partial charge is 0.494 e. The van der Waals surface area contributed by atoms with E-state index in [-0.39, 0.29) is 11.8 Å². The molecule has 5 heteroatoms. The quantitative estimate of drug-likeness (QED) is 0.710. The molecule has 0 saturated carbocycles. The molecule has 4 nitrogen and oxygen atoms in total. The van der Waals surface area contributed by atoms with Crippen molar-refractivity contribution in [2.75, 3.05) is 12.4 Å². The highest BCUT2D eigenvalue weighted by atomic mass is 32.1. The summed E-state index contributed by atoms with van der Waals surface area (Å²) in [4.78, 5) is 17.0. The van der Waals surface area contributed by atoms with Crippen LogP contribution in [-0.2, 0) is 0 Å². The molecule has 3 aromatic rings. The van der Waals surface area contributed by atoms with Crippen molar-refractivity contribution in [2.24, 2.45) is 0 Å². The Morgan fingerprint density at radius 3 is 2.65 bits per heavy atom. The molecule has 1 heterocycles. The van der Waals surface area contributed by atoms with Crippen molar-refractivity contribution in [2.45, 2.75) is 19.9 Å². The van der Waals surface area contributed by atoms with Crippen molar-refractivity contribution in [1.82, 2.24) is 4.98 Å². The van der Waals surface area contributed by atoms with Gasteiger partial charge in [-0.25, -0.2) is 4.98 Å². The molecule has 0 radical (unpaired) electrons. The molecule has 0 amide bonds. The third-order valence-electron chi connectivity index (χ3n) is 3.67. The molecule has 0 aliphatic carbocycles. The van der Waals surface area contributed by atoms with E-state index in [1.165, 1.54) is 11.3 Å². The van der Waals surface area contributed by atoms with Crippen molar-refractivity contribution < 1.29 is 9.53 Å². The molecule has 1 N–H and O–H groups in total. The number of fused-ring (bicyclic) bond motifs is 1. The highest BCUT2D eigenvalue weighted by Crippen LogP contribution is 2.32. The standard InChI is InChI=1S/C18H18N2O2S/c1-11-7-9-13(10-8-11)17(21)12(2)19-18-20-16-14(22-3)5-4-6-15(16)23-18/h4-10,12H,1-3H3,(H,19,20). The number of aryl methyl sites for hydroxylation is 1. The van der Waals surface area contributed by atoms with Crippen LogP contribution in [0.4, 0.5) is 5.13 Å². The lowest BCUT2D eigenvalue weighted by Gasteiger charge is -2.11. The number of para-hydroxylation sites is 1. The van der Waals surface area contributed by atoms with E-state index in [0.29, 0.717) is 5.56 Å². The molecule has 23 heavy (non-hydrogen) atoms. The molecule has 1 aromatic heterocycles. The molecule has 0 spiro atoms. The predicted molar refractivity (Wildman–Crippen MR) is 94.8 cm³/mol. The highest BCUT2D eigenvalue weighted by Gasteiger charge is 2.17. The van der Waals surface area contributed by atoms with Gasteiger partial charge in [0, 0.05) is 5.56 Å². The van der Waals surface area contributed by atoms with Crippen LogP contribution in [0, 0.1) is 6.92 Å². The normalized spacial score (nSPS) is 12.1. The molecule has 0 saturated heterocycles. The zero-order valence-corrected chi connectivity index (χ0v) is 14.1. The van der Waals surface area contributed by atoms with Crippen LogP contribution in [0.5, 0.6) is 5.75 Å². The summed E-state index contributed by atoms with van der Waals surface area (Å²) in [5, 5.41) is 3.92. The SMILES string of the molecule is COc1cccc2sc(NC(C)C(=O)c3ccc(C)cc3)nc12. The third-order valence-corrected chi connectivity index (χ3v) is 4.62. The van der Waals surface area contributed by atoms with Crippen LogP contribution in [0.25, 0.3) is 10.2 Å². The number of aromatic nitrogens is 1. The lowest BCUT2D eigenvalue weighted by atomic mass is 10.0. The Labute approximate surface area is 139 Å². The van der Waals surface area contributed by atoms with E-state index < -0.39 is 0 Å². The number of methoxy groups -OCH3 is 1. The highest BCUT2D eigenvalue weighted by molar-refractivity contribution is 7.22. The Bertz CT molecular complexity index is 840. The number of carbonyl (C=O) groups excluding carboxylic acids is 1. The maximum atomic E-state index is 12.5. The van der Waals surface area contributed by atoms with Gasteiger partial charge >= 0.3 is 0 Å². The number of carbonyl (C=O) groups is 1. The molecular weight excluding hydrogens is 308 g/mol. The van der Waals surface area contributed by atoms with Gasteiger partial charge in [0.2, 0.25) is 0 Å². The summed E-state index contributed by atoms with van der Waals surface area (Å²) < 4.78 is 6.35. The van der Waals surface area contributed by atoms with E-state index in [0.717, 1.165) is 26.7 Å². The van der Waals surface area contributed by atoms with Gasteiger partial charge in [0.1, 0.15) is 11.3 Å². The summed E-state index contributed by atoms with van der Waals surface area (Å²) in [6, 6.07) is 13.1. The second-order valence-corrected chi connectivity index (χ2v) is 6.45. The van der Waals surface area contributed by atoms with Crippen molar-refractivity contribution in [3.8, 4) is 5.75 Å². The number of nitrogens with one attached hydrogen (secondary N) is 1. The summed E-state index contributed by atoms with van der Waals surface area (Å²) in [6.07, 6.45) is 0. The fourth-order valence-corrected chi connectivity index (χ4v) is 3.34. The van der Waals surface area contributed by atoms with E-state index in [1.54, 1.807) is 7.11 Å². The summed E-state index contributed by atoms with van der Waals surface area (Å²) >= 11 is 1.52. The van der Waals surface area contributed by atoms with Gasteiger partial charge in [-0.05, 0) is 26.0 Å². The van der Waals surface area contributed by atoms with E-state index >= 15 is 0 Å². The van der Waals surface area contributed by atoms with Crippen LogP contribution in [0.2, 0.25) is 0 Å². The van der Waals surface area contributed by atoms with Gasteiger partial charge in [-0.15, -0.1) is 0 Å². The Kier molecular flexibility index (Phi) is 4.30. The van der Waals surface area contributed by atoms with Gasteiger partial charge in [-0.1, -0.05) is 47.2 Å². The summed E-state index contributed by atoms with van der Waals surface area (Å²) in [5.41, 5.74) is 2.66. The van der Waals surface area contributed by atoms with Gasteiger partial charge in [0.05, 0.1) is 17.9 Å². The maximum Gasteiger partial charge on any atom is 0.184 e. The number of benzene rings is 2. The minimum atomic E-state index is -0.343. The number of thiazole rings is 1. The van der Waals surface area contributed by atoms with E-state index in [4.69, 9.17) is 4.74 Å². The number of hydrogen-bond donors (Lipinski definition) is 1. The molecule has 1 unspecified atom stereocenters. The monoisotopic (exact) mass is 326 g/mol. The number of rotatable bonds is 5. The average Bonchev–Trinajstić information content (AvgIpc) is 2.97. The second-order valence-electron chi connectivity index (χ2n) is 5.42. The summed E-state index contributed by atoms with van der Waals surface area (Å²) in [7, 11) is 1.63. The van der Waals surface area contributed by atoms with Crippen molar-refractivity contribution in [3.63, 3.8) is 0 Å². The Balaban J connectivity index is 1.81. The Morgan fingerprint density at radius 2 is 1.96 bits per heavy atom. The van der Waals surface area contributed by atoms with Crippen LogP contribution >= 0.6 is 11.3 Å². The molecule has 0 aliphatic rings. The first-order valence-corrected chi connectivity index (χ1v) is 8.21. The number of Topliss-reactive ketones (excluding diaryl/α,β-unsaturated/α-hetero) is 1. The van der Waals surface area contributed by atoms with Crippen molar-refractivity contribution >= 4 is 32.5 Å². The third kappa shape index (κ3) is 3.19.